The van der Waals surface area contributed by atoms with Crippen molar-refractivity contribution in [2.75, 3.05) is 13.2 Å². The van der Waals surface area contributed by atoms with Gasteiger partial charge in [0.1, 0.15) is 11.4 Å². The van der Waals surface area contributed by atoms with Gasteiger partial charge in [0.25, 0.3) is 0 Å². The maximum Gasteiger partial charge on any atom is 0.411 e. The summed E-state index contributed by atoms with van der Waals surface area (Å²) in [5.74, 6) is -0.342. The van der Waals surface area contributed by atoms with Crippen molar-refractivity contribution in [1.29, 1.82) is 0 Å². The van der Waals surface area contributed by atoms with Gasteiger partial charge in [-0.25, -0.2) is 9.18 Å². The van der Waals surface area contributed by atoms with Crippen molar-refractivity contribution < 1.29 is 19.0 Å². The average molecular weight is 469 g/mol. The number of aromatic nitrogens is 1. The van der Waals surface area contributed by atoms with Crippen molar-refractivity contribution >= 4 is 17.7 Å². The molecule has 2 aromatic carbocycles. The van der Waals surface area contributed by atoms with Crippen molar-refractivity contribution in [3.63, 3.8) is 0 Å². The van der Waals surface area contributed by atoms with E-state index in [0.717, 1.165) is 22.3 Å². The lowest BCUT2D eigenvalue weighted by atomic mass is 9.84. The van der Waals surface area contributed by atoms with Crippen LogP contribution in [0.25, 0.3) is 11.1 Å². The van der Waals surface area contributed by atoms with Gasteiger partial charge < -0.3 is 14.7 Å². The largest absolute Gasteiger partial charge is 0.438 e. The normalized spacial score (nSPS) is 19.3. The number of rotatable bonds is 7. The third kappa shape index (κ3) is 5.02. The number of nitrogens with zero attached hydrogens (tertiary/aromatic N) is 2. The molecule has 2 atom stereocenters. The Hall–Kier alpha value is -2.96. The Bertz CT molecular complexity index is 1110. The zero-order chi connectivity index (χ0) is 23.4. The van der Waals surface area contributed by atoms with Crippen LogP contribution in [0.2, 0.25) is 5.02 Å². The van der Waals surface area contributed by atoms with Gasteiger partial charge in [0, 0.05) is 37.5 Å². The van der Waals surface area contributed by atoms with E-state index in [4.69, 9.17) is 16.3 Å². The van der Waals surface area contributed by atoms with Gasteiger partial charge in [-0.1, -0.05) is 48.0 Å². The second-order valence-corrected chi connectivity index (χ2v) is 8.77. The fourth-order valence-corrected chi connectivity index (χ4v) is 4.54. The molecule has 1 fully saturated rings. The number of carbonyl (C=O) groups is 1. The second kappa shape index (κ2) is 9.89. The molecule has 1 saturated heterocycles. The number of benzene rings is 2. The number of cyclic esters (lactones) is 1. The van der Waals surface area contributed by atoms with Crippen LogP contribution in [0, 0.1) is 5.82 Å². The number of aliphatic hydroxyl groups excluding tert-OH is 1. The molecule has 0 bridgehead atoms. The number of aliphatic hydroxyl groups is 1. The first-order valence-electron chi connectivity index (χ1n) is 11.0. The summed E-state index contributed by atoms with van der Waals surface area (Å²) in [5.41, 5.74) is 2.77. The highest BCUT2D eigenvalue weighted by atomic mass is 35.5. The van der Waals surface area contributed by atoms with Gasteiger partial charge in [0.2, 0.25) is 0 Å². The van der Waals surface area contributed by atoms with Crippen molar-refractivity contribution in [3.8, 4) is 11.1 Å². The SMILES string of the molecule is CC(c1ccc(-c2cncc(Cl)c2)cc1)N1CCC(CCCO)(c2ccc(F)cc2)OC1=O. The second-order valence-electron chi connectivity index (χ2n) is 8.33. The monoisotopic (exact) mass is 468 g/mol. The van der Waals surface area contributed by atoms with Crippen molar-refractivity contribution in [2.24, 2.45) is 0 Å². The van der Waals surface area contributed by atoms with Crippen LogP contribution < -0.4 is 0 Å². The fraction of sp³-hybridized carbons (Fsp3) is 0.308. The number of carbonyl (C=O) groups excluding carboxylic acids is 1. The zero-order valence-corrected chi connectivity index (χ0v) is 19.1. The molecule has 1 N–H and O–H groups in total. The summed E-state index contributed by atoms with van der Waals surface area (Å²) in [7, 11) is 0. The van der Waals surface area contributed by atoms with Crippen LogP contribution in [0.1, 0.15) is 43.4 Å². The van der Waals surface area contributed by atoms with Crippen molar-refractivity contribution in [2.45, 2.75) is 37.8 Å². The predicted molar refractivity (Wildman–Crippen MR) is 125 cm³/mol. The molecule has 1 amide bonds. The van der Waals surface area contributed by atoms with E-state index in [1.54, 1.807) is 29.4 Å². The van der Waals surface area contributed by atoms with Crippen LogP contribution in [-0.4, -0.2) is 34.2 Å². The Labute approximate surface area is 197 Å². The van der Waals surface area contributed by atoms with Crippen LogP contribution in [-0.2, 0) is 10.3 Å². The molecule has 7 heteroatoms. The van der Waals surface area contributed by atoms with E-state index in [2.05, 4.69) is 4.98 Å². The quantitative estimate of drug-likeness (QED) is 0.454. The molecular formula is C26H26ClFN2O3. The molecule has 0 aliphatic carbocycles. The number of pyridine rings is 1. The first-order valence-corrected chi connectivity index (χ1v) is 11.4. The van der Waals surface area contributed by atoms with E-state index in [0.29, 0.717) is 30.8 Å². The summed E-state index contributed by atoms with van der Waals surface area (Å²) in [6.45, 7) is 2.45. The fourth-order valence-electron chi connectivity index (χ4n) is 4.37. The maximum absolute atomic E-state index is 13.5. The molecule has 1 aliphatic heterocycles. The highest BCUT2D eigenvalue weighted by molar-refractivity contribution is 6.30. The molecule has 2 unspecified atom stereocenters. The van der Waals surface area contributed by atoms with E-state index in [9.17, 15) is 14.3 Å². The zero-order valence-electron chi connectivity index (χ0n) is 18.4. The van der Waals surface area contributed by atoms with Gasteiger partial charge in [-0.2, -0.15) is 0 Å². The lowest BCUT2D eigenvalue weighted by Gasteiger charge is -2.43. The minimum absolute atomic E-state index is 0.00485. The molecule has 172 valence electrons. The summed E-state index contributed by atoms with van der Waals surface area (Å²) >= 11 is 6.05. The van der Waals surface area contributed by atoms with Gasteiger partial charge in [-0.3, -0.25) is 4.98 Å². The standard InChI is InChI=1S/C26H26ClFN2O3/c1-18(19-3-5-20(6-4-19)21-15-23(27)17-29-16-21)30-13-12-26(11-2-14-31,33-25(30)32)22-7-9-24(28)10-8-22/h3-10,15-18,31H,2,11-14H2,1H3. The van der Waals surface area contributed by atoms with Crippen molar-refractivity contribution in [1.82, 2.24) is 9.88 Å². The number of ether oxygens (including phenoxy) is 1. The molecule has 5 nitrogen and oxygen atoms in total. The van der Waals surface area contributed by atoms with Crippen LogP contribution in [0.4, 0.5) is 9.18 Å². The van der Waals surface area contributed by atoms with Gasteiger partial charge in [-0.05, 0) is 54.7 Å². The summed E-state index contributed by atoms with van der Waals surface area (Å²) < 4.78 is 19.4. The number of halogens is 2. The predicted octanol–water partition coefficient (Wildman–Crippen LogP) is 6.11. The Morgan fingerprint density at radius 1 is 1.15 bits per heavy atom. The van der Waals surface area contributed by atoms with Gasteiger partial charge in [0.05, 0.1) is 11.1 Å². The Balaban J connectivity index is 1.51. The molecule has 3 aromatic rings. The van der Waals surface area contributed by atoms with Gasteiger partial charge in [0.15, 0.2) is 0 Å². The highest BCUT2D eigenvalue weighted by Gasteiger charge is 2.43. The first-order chi connectivity index (χ1) is 15.9. The lowest BCUT2D eigenvalue weighted by molar-refractivity contribution is -0.0680. The molecule has 0 radical (unpaired) electrons. The van der Waals surface area contributed by atoms with E-state index >= 15 is 0 Å². The lowest BCUT2D eigenvalue weighted by Crippen LogP contribution is -2.48. The molecule has 0 spiro atoms. The Kier molecular flexibility index (Phi) is 6.96. The third-order valence-electron chi connectivity index (χ3n) is 6.28. The maximum atomic E-state index is 13.5. The summed E-state index contributed by atoms with van der Waals surface area (Å²) in [6, 6.07) is 15.7. The van der Waals surface area contributed by atoms with Crippen LogP contribution in [0.3, 0.4) is 0 Å². The molecular weight excluding hydrogens is 443 g/mol. The molecule has 2 heterocycles. The molecule has 33 heavy (non-hydrogen) atoms. The summed E-state index contributed by atoms with van der Waals surface area (Å²) in [6.07, 6.45) is 4.45. The Morgan fingerprint density at radius 2 is 1.88 bits per heavy atom. The minimum Gasteiger partial charge on any atom is -0.438 e. The summed E-state index contributed by atoms with van der Waals surface area (Å²) in [5, 5.41) is 9.93. The molecule has 0 saturated carbocycles. The Morgan fingerprint density at radius 3 is 2.52 bits per heavy atom. The first kappa shape index (κ1) is 23.2. The summed E-state index contributed by atoms with van der Waals surface area (Å²) in [4.78, 5) is 18.9. The van der Waals surface area contributed by atoms with Crippen LogP contribution in [0.5, 0.6) is 0 Å². The van der Waals surface area contributed by atoms with E-state index in [1.807, 2.05) is 37.3 Å². The molecule has 1 aliphatic rings. The van der Waals surface area contributed by atoms with Crippen LogP contribution in [0.15, 0.2) is 67.0 Å². The number of hydrogen-bond donors (Lipinski definition) is 1. The smallest absolute Gasteiger partial charge is 0.411 e. The van der Waals surface area contributed by atoms with Gasteiger partial charge >= 0.3 is 6.09 Å². The topological polar surface area (TPSA) is 62.7 Å². The van der Waals surface area contributed by atoms with E-state index in [1.165, 1.54) is 12.1 Å². The highest BCUT2D eigenvalue weighted by Crippen LogP contribution is 2.40. The number of amides is 1. The van der Waals surface area contributed by atoms with Crippen molar-refractivity contribution in [3.05, 3.63) is 89.0 Å². The number of hydrogen-bond acceptors (Lipinski definition) is 4. The minimum atomic E-state index is -0.868. The molecule has 4 rings (SSSR count). The van der Waals surface area contributed by atoms with Gasteiger partial charge in [-0.15, -0.1) is 0 Å². The molecule has 1 aromatic heterocycles. The van der Waals surface area contributed by atoms with E-state index < -0.39 is 11.7 Å². The van der Waals surface area contributed by atoms with Crippen LogP contribution >= 0.6 is 11.6 Å². The third-order valence-corrected chi connectivity index (χ3v) is 6.49. The van der Waals surface area contributed by atoms with E-state index in [-0.39, 0.29) is 18.5 Å². The average Bonchev–Trinajstić information content (AvgIpc) is 2.83.